The Labute approximate surface area is 167 Å². The Bertz CT molecular complexity index is 925. The Hall–Kier alpha value is -2.72. The molecule has 0 amide bonds. The van der Waals surface area contributed by atoms with Crippen molar-refractivity contribution in [3.63, 3.8) is 0 Å². The third-order valence-electron chi connectivity index (χ3n) is 5.51. The van der Waals surface area contributed by atoms with Gasteiger partial charge in [0.1, 0.15) is 11.5 Å². The van der Waals surface area contributed by atoms with Gasteiger partial charge < -0.3 is 14.0 Å². The second-order valence-corrected chi connectivity index (χ2v) is 7.49. The minimum atomic E-state index is 0.231. The van der Waals surface area contributed by atoms with Crippen LogP contribution in [0.15, 0.2) is 60.8 Å². The van der Waals surface area contributed by atoms with Gasteiger partial charge in [0.2, 0.25) is 0 Å². The highest BCUT2D eigenvalue weighted by Gasteiger charge is 2.27. The summed E-state index contributed by atoms with van der Waals surface area (Å²) in [7, 11) is 3.40. The fourth-order valence-electron chi connectivity index (χ4n) is 4.22. The number of rotatable bonds is 5. The van der Waals surface area contributed by atoms with Gasteiger partial charge in [0.15, 0.2) is 0 Å². The van der Waals surface area contributed by atoms with E-state index in [1.165, 1.54) is 22.4 Å². The van der Waals surface area contributed by atoms with Crippen molar-refractivity contribution < 1.29 is 9.47 Å². The van der Waals surface area contributed by atoms with E-state index in [1.54, 1.807) is 14.2 Å². The van der Waals surface area contributed by atoms with Crippen LogP contribution in [0.2, 0.25) is 0 Å². The van der Waals surface area contributed by atoms with E-state index in [0.717, 1.165) is 37.6 Å². The van der Waals surface area contributed by atoms with Crippen LogP contribution in [-0.2, 0) is 13.1 Å². The van der Waals surface area contributed by atoms with Gasteiger partial charge in [-0.05, 0) is 48.7 Å². The number of methoxy groups -OCH3 is 2. The van der Waals surface area contributed by atoms with Gasteiger partial charge >= 0.3 is 0 Å². The summed E-state index contributed by atoms with van der Waals surface area (Å²) in [5, 5.41) is 0. The molecule has 1 aliphatic rings. The zero-order chi connectivity index (χ0) is 19.5. The first-order valence-corrected chi connectivity index (χ1v) is 9.85. The van der Waals surface area contributed by atoms with Crippen molar-refractivity contribution in [3.05, 3.63) is 83.2 Å². The van der Waals surface area contributed by atoms with Crippen LogP contribution in [0.25, 0.3) is 0 Å². The molecular formula is C24H28N2O2. The van der Waals surface area contributed by atoms with Crippen LogP contribution < -0.4 is 9.47 Å². The zero-order valence-electron chi connectivity index (χ0n) is 16.9. The largest absolute Gasteiger partial charge is 0.497 e. The molecule has 28 heavy (non-hydrogen) atoms. The topological polar surface area (TPSA) is 26.6 Å². The van der Waals surface area contributed by atoms with E-state index < -0.39 is 0 Å². The lowest BCUT2D eigenvalue weighted by Crippen LogP contribution is -2.29. The molecule has 0 saturated carbocycles. The Balaban J connectivity index is 1.74. The molecule has 146 valence electrons. The molecule has 0 radical (unpaired) electrons. The molecule has 1 unspecified atom stereocenters. The predicted octanol–water partition coefficient (Wildman–Crippen LogP) is 4.81. The molecule has 4 rings (SSSR count). The second kappa shape index (κ2) is 8.11. The molecule has 4 nitrogen and oxygen atoms in total. The molecule has 0 saturated heterocycles. The highest BCUT2D eigenvalue weighted by molar-refractivity contribution is 5.39. The van der Waals surface area contributed by atoms with Crippen LogP contribution in [0.5, 0.6) is 11.5 Å². The van der Waals surface area contributed by atoms with Crippen molar-refractivity contribution in [1.29, 1.82) is 0 Å². The van der Waals surface area contributed by atoms with Crippen LogP contribution in [0, 0.1) is 6.92 Å². The lowest BCUT2D eigenvalue weighted by Gasteiger charge is -2.31. The zero-order valence-corrected chi connectivity index (χ0v) is 16.9. The number of nitrogens with zero attached hydrogens (tertiary/aromatic N) is 2. The van der Waals surface area contributed by atoms with Crippen molar-refractivity contribution in [2.24, 2.45) is 0 Å². The number of aryl methyl sites for hydroxylation is 2. The number of fused-ring (bicyclic) bond motifs is 1. The Kier molecular flexibility index (Phi) is 5.40. The van der Waals surface area contributed by atoms with Crippen LogP contribution in [0.1, 0.15) is 34.8 Å². The SMILES string of the molecule is COc1cc(CN2CCCn3cccc3C2c2cccc(C)c2)cc(OC)c1. The highest BCUT2D eigenvalue weighted by Crippen LogP contribution is 2.34. The lowest BCUT2D eigenvalue weighted by molar-refractivity contribution is 0.219. The summed E-state index contributed by atoms with van der Waals surface area (Å²) in [4.78, 5) is 2.57. The smallest absolute Gasteiger partial charge is 0.122 e. The van der Waals surface area contributed by atoms with E-state index in [0.29, 0.717) is 0 Å². The summed E-state index contributed by atoms with van der Waals surface area (Å²) in [6.07, 6.45) is 3.33. The average molecular weight is 377 g/mol. The van der Waals surface area contributed by atoms with Crippen LogP contribution in [0.4, 0.5) is 0 Å². The molecule has 0 bridgehead atoms. The predicted molar refractivity (Wildman–Crippen MR) is 112 cm³/mol. The minimum Gasteiger partial charge on any atom is -0.497 e. The Morgan fingerprint density at radius 2 is 1.71 bits per heavy atom. The second-order valence-electron chi connectivity index (χ2n) is 7.49. The fraction of sp³-hybridized carbons (Fsp3) is 0.333. The third kappa shape index (κ3) is 3.78. The Morgan fingerprint density at radius 3 is 2.43 bits per heavy atom. The summed E-state index contributed by atoms with van der Waals surface area (Å²) in [5.74, 6) is 1.67. The molecule has 1 atom stereocenters. The molecule has 2 aromatic carbocycles. The molecule has 0 spiro atoms. The minimum absolute atomic E-state index is 0.231. The van der Waals surface area contributed by atoms with Gasteiger partial charge in [-0.25, -0.2) is 0 Å². The van der Waals surface area contributed by atoms with Crippen molar-refractivity contribution in [2.75, 3.05) is 20.8 Å². The summed E-state index contributed by atoms with van der Waals surface area (Å²) in [5.41, 5.74) is 5.20. The number of hydrogen-bond acceptors (Lipinski definition) is 3. The van der Waals surface area contributed by atoms with Gasteiger partial charge in [0.25, 0.3) is 0 Å². The number of hydrogen-bond donors (Lipinski definition) is 0. The molecule has 1 aromatic heterocycles. The number of ether oxygens (including phenoxy) is 2. The molecule has 3 aromatic rings. The summed E-state index contributed by atoms with van der Waals surface area (Å²) >= 11 is 0. The molecule has 4 heteroatoms. The summed E-state index contributed by atoms with van der Waals surface area (Å²) < 4.78 is 13.4. The van der Waals surface area contributed by atoms with E-state index in [4.69, 9.17) is 9.47 Å². The van der Waals surface area contributed by atoms with Gasteiger partial charge in [0.05, 0.1) is 20.3 Å². The van der Waals surface area contributed by atoms with Crippen LogP contribution >= 0.6 is 0 Å². The maximum atomic E-state index is 5.48. The van der Waals surface area contributed by atoms with Gasteiger partial charge in [-0.3, -0.25) is 4.90 Å². The standard InChI is InChI=1S/C24H28N2O2/c1-18-7-4-8-20(13-18)24-23-9-5-10-25(23)11-6-12-26(24)17-19-14-21(27-2)16-22(15-19)28-3/h4-5,7-10,13-16,24H,6,11-12,17H2,1-3H3. The number of benzene rings is 2. The average Bonchev–Trinajstić information content (AvgIpc) is 3.09. The first-order valence-electron chi connectivity index (χ1n) is 9.85. The lowest BCUT2D eigenvalue weighted by atomic mass is 9.99. The third-order valence-corrected chi connectivity index (χ3v) is 5.51. The Morgan fingerprint density at radius 1 is 0.929 bits per heavy atom. The first kappa shape index (κ1) is 18.6. The van der Waals surface area contributed by atoms with Gasteiger partial charge in [-0.2, -0.15) is 0 Å². The van der Waals surface area contributed by atoms with E-state index >= 15 is 0 Å². The van der Waals surface area contributed by atoms with Gasteiger partial charge in [-0.15, -0.1) is 0 Å². The first-order chi connectivity index (χ1) is 13.7. The van der Waals surface area contributed by atoms with Crippen molar-refractivity contribution in [2.45, 2.75) is 32.5 Å². The summed E-state index contributed by atoms with van der Waals surface area (Å²) in [6.45, 7) is 5.11. The van der Waals surface area contributed by atoms with E-state index in [-0.39, 0.29) is 6.04 Å². The van der Waals surface area contributed by atoms with Crippen molar-refractivity contribution in [3.8, 4) is 11.5 Å². The van der Waals surface area contributed by atoms with E-state index in [9.17, 15) is 0 Å². The van der Waals surface area contributed by atoms with Gasteiger partial charge in [-0.1, -0.05) is 29.8 Å². The van der Waals surface area contributed by atoms with E-state index in [2.05, 4.69) is 71.1 Å². The molecule has 0 aliphatic carbocycles. The number of aromatic nitrogens is 1. The summed E-state index contributed by atoms with van der Waals surface area (Å²) in [6, 6.07) is 19.7. The molecule has 2 heterocycles. The molecule has 1 aliphatic heterocycles. The maximum Gasteiger partial charge on any atom is 0.122 e. The molecule has 0 N–H and O–H groups in total. The fourth-order valence-corrected chi connectivity index (χ4v) is 4.22. The molecule has 0 fully saturated rings. The molecular weight excluding hydrogens is 348 g/mol. The van der Waals surface area contributed by atoms with E-state index in [1.807, 2.05) is 6.07 Å². The monoisotopic (exact) mass is 376 g/mol. The van der Waals surface area contributed by atoms with Crippen molar-refractivity contribution in [1.82, 2.24) is 9.47 Å². The van der Waals surface area contributed by atoms with Crippen molar-refractivity contribution >= 4 is 0 Å². The maximum absolute atomic E-state index is 5.48. The normalized spacial score (nSPS) is 17.0. The highest BCUT2D eigenvalue weighted by atomic mass is 16.5. The van der Waals surface area contributed by atoms with Crippen LogP contribution in [-0.4, -0.2) is 30.2 Å². The quantitative estimate of drug-likeness (QED) is 0.639. The van der Waals surface area contributed by atoms with Gasteiger partial charge in [0, 0.05) is 37.6 Å². The van der Waals surface area contributed by atoms with Crippen LogP contribution in [0.3, 0.4) is 0 Å².